The first-order chi connectivity index (χ1) is 13.0. The summed E-state index contributed by atoms with van der Waals surface area (Å²) in [7, 11) is 1.50. The molecule has 0 aliphatic heterocycles. The number of methoxy groups -OCH3 is 1. The van der Waals surface area contributed by atoms with Gasteiger partial charge in [0.25, 0.3) is 5.91 Å². The molecule has 2 rings (SSSR count). The Kier molecular flexibility index (Phi) is 7.18. The molecular weight excluding hydrogens is 350 g/mol. The Labute approximate surface area is 156 Å². The molecule has 1 amide bonds. The highest BCUT2D eigenvalue weighted by molar-refractivity contribution is 5.87. The fourth-order valence-electron chi connectivity index (χ4n) is 2.17. The number of rotatable bonds is 9. The number of carbonyl (C=O) groups is 2. The quantitative estimate of drug-likeness (QED) is 0.503. The monoisotopic (exact) mass is 370 g/mol. The fourth-order valence-corrected chi connectivity index (χ4v) is 2.17. The largest absolute Gasteiger partial charge is 0.545 e. The van der Waals surface area contributed by atoms with E-state index in [1.54, 1.807) is 36.5 Å². The molecule has 0 aromatic heterocycles. The van der Waals surface area contributed by atoms with Crippen molar-refractivity contribution in [3.05, 3.63) is 53.6 Å². The van der Waals surface area contributed by atoms with E-state index in [1.165, 1.54) is 19.2 Å². The molecule has 0 bridgehead atoms. The second-order valence-corrected chi connectivity index (χ2v) is 5.39. The highest BCUT2D eigenvalue weighted by Crippen LogP contribution is 2.27. The molecule has 0 heterocycles. The van der Waals surface area contributed by atoms with E-state index in [4.69, 9.17) is 9.47 Å². The normalized spacial score (nSPS) is 10.4. The van der Waals surface area contributed by atoms with Gasteiger partial charge in [-0.1, -0.05) is 12.1 Å². The van der Waals surface area contributed by atoms with Crippen molar-refractivity contribution in [2.24, 2.45) is 5.10 Å². The Morgan fingerprint density at radius 3 is 2.70 bits per heavy atom. The van der Waals surface area contributed by atoms with Crippen LogP contribution in [0, 0.1) is 0 Å². The van der Waals surface area contributed by atoms with Crippen LogP contribution in [0.3, 0.4) is 0 Å². The summed E-state index contributed by atoms with van der Waals surface area (Å²) in [6, 6.07) is 11.3. The number of likely N-dealkylation sites (N-methyl/N-ethyl adjacent to an activating group) is 1. The van der Waals surface area contributed by atoms with Gasteiger partial charge < -0.3 is 24.7 Å². The highest BCUT2D eigenvalue weighted by Gasteiger charge is 2.07. The topological polar surface area (TPSA) is 112 Å². The maximum atomic E-state index is 11.5. The van der Waals surface area contributed by atoms with Gasteiger partial charge in [-0.3, -0.25) is 10.2 Å². The van der Waals surface area contributed by atoms with Crippen molar-refractivity contribution in [2.75, 3.05) is 25.7 Å². The van der Waals surface area contributed by atoms with Gasteiger partial charge in [0.2, 0.25) is 0 Å². The lowest BCUT2D eigenvalue weighted by molar-refractivity contribution is -0.255. The summed E-state index contributed by atoms with van der Waals surface area (Å²) < 4.78 is 10.7. The lowest BCUT2D eigenvalue weighted by atomic mass is 10.2. The summed E-state index contributed by atoms with van der Waals surface area (Å²) in [6.07, 6.45) is 1.54. The molecule has 2 aromatic rings. The molecule has 142 valence electrons. The van der Waals surface area contributed by atoms with Crippen LogP contribution in [0.5, 0.6) is 11.5 Å². The number of anilines is 1. The van der Waals surface area contributed by atoms with Crippen LogP contribution in [0.1, 0.15) is 22.8 Å². The smallest absolute Gasteiger partial charge is 0.257 e. The number of aromatic carboxylic acids is 1. The molecule has 0 saturated heterocycles. The summed E-state index contributed by atoms with van der Waals surface area (Å²) in [5, 5.41) is 17.6. The number of ether oxygens (including phenoxy) is 2. The number of nitrogens with one attached hydrogen (secondary N) is 2. The second-order valence-electron chi connectivity index (χ2n) is 5.39. The number of amides is 1. The van der Waals surface area contributed by atoms with Crippen molar-refractivity contribution in [3.63, 3.8) is 0 Å². The van der Waals surface area contributed by atoms with E-state index < -0.39 is 5.97 Å². The molecular formula is C19H20N3O5-. The molecule has 8 nitrogen and oxygen atoms in total. The molecule has 0 radical (unpaired) electrons. The third-order valence-electron chi connectivity index (χ3n) is 3.43. The van der Waals surface area contributed by atoms with E-state index in [9.17, 15) is 14.7 Å². The summed E-state index contributed by atoms with van der Waals surface area (Å²) in [5.74, 6) is -0.568. The zero-order valence-corrected chi connectivity index (χ0v) is 15.0. The fraction of sp³-hybridized carbons (Fsp3) is 0.211. The molecule has 0 unspecified atom stereocenters. The highest BCUT2D eigenvalue weighted by atomic mass is 16.5. The molecule has 0 aliphatic carbocycles. The van der Waals surface area contributed by atoms with Gasteiger partial charge in [-0.15, -0.1) is 0 Å². The first kappa shape index (κ1) is 19.8. The Bertz CT molecular complexity index is 836. The number of benzene rings is 2. The molecule has 2 N–H and O–H groups in total. The van der Waals surface area contributed by atoms with Crippen LogP contribution in [0.25, 0.3) is 0 Å². The van der Waals surface area contributed by atoms with Crippen molar-refractivity contribution in [2.45, 2.75) is 6.92 Å². The molecule has 0 spiro atoms. The lowest BCUT2D eigenvalue weighted by Crippen LogP contribution is -2.28. The predicted molar refractivity (Wildman–Crippen MR) is 99.2 cm³/mol. The first-order valence-electron chi connectivity index (χ1n) is 8.21. The Morgan fingerprint density at radius 2 is 2.00 bits per heavy atom. The van der Waals surface area contributed by atoms with Crippen LogP contribution in [0.2, 0.25) is 0 Å². The number of nitrogens with zero attached hydrogens (tertiary/aromatic N) is 1. The zero-order valence-electron chi connectivity index (χ0n) is 15.0. The average Bonchev–Trinajstić information content (AvgIpc) is 2.67. The second kappa shape index (κ2) is 9.81. The van der Waals surface area contributed by atoms with Gasteiger partial charge in [0.1, 0.15) is 0 Å². The van der Waals surface area contributed by atoms with Gasteiger partial charge in [-0.05, 0) is 48.4 Å². The van der Waals surface area contributed by atoms with Crippen LogP contribution in [-0.2, 0) is 4.79 Å². The number of carboxylic acid groups (broad SMARTS) is 1. The molecule has 0 atom stereocenters. The lowest BCUT2D eigenvalue weighted by Gasteiger charge is -2.11. The zero-order chi connectivity index (χ0) is 19.6. The minimum absolute atomic E-state index is 0.0606. The number of hydrogen-bond acceptors (Lipinski definition) is 7. The molecule has 8 heteroatoms. The van der Waals surface area contributed by atoms with E-state index >= 15 is 0 Å². The van der Waals surface area contributed by atoms with Crippen molar-refractivity contribution in [3.8, 4) is 11.5 Å². The molecule has 0 fully saturated rings. The van der Waals surface area contributed by atoms with Crippen molar-refractivity contribution in [1.82, 2.24) is 5.32 Å². The maximum absolute atomic E-state index is 11.5. The van der Waals surface area contributed by atoms with Crippen LogP contribution in [-0.4, -0.2) is 38.4 Å². The summed E-state index contributed by atoms with van der Waals surface area (Å²) >= 11 is 0. The average molecular weight is 370 g/mol. The third kappa shape index (κ3) is 6.03. The first-order valence-corrected chi connectivity index (χ1v) is 8.21. The van der Waals surface area contributed by atoms with Gasteiger partial charge in [0.15, 0.2) is 18.1 Å². The standard InChI is InChI=1S/C19H21N3O5/c1-3-20-18(23)12-27-16-8-7-13(9-17(16)26-2)11-21-22-15-6-4-5-14(10-15)19(24)25/h4-11,22H,3,12H2,1-2H3,(H,20,23)(H,24,25)/p-1/b21-11-. The van der Waals surface area contributed by atoms with Crippen LogP contribution < -0.4 is 25.3 Å². The van der Waals surface area contributed by atoms with E-state index in [0.29, 0.717) is 23.7 Å². The molecule has 0 aliphatic rings. The van der Waals surface area contributed by atoms with Crippen molar-refractivity contribution < 1.29 is 24.2 Å². The van der Waals surface area contributed by atoms with Crippen molar-refractivity contribution >= 4 is 23.8 Å². The summed E-state index contributed by atoms with van der Waals surface area (Å²) in [4.78, 5) is 22.3. The molecule has 2 aromatic carbocycles. The Morgan fingerprint density at radius 1 is 1.19 bits per heavy atom. The minimum atomic E-state index is -1.25. The predicted octanol–water partition coefficient (Wildman–Crippen LogP) is 1.02. The maximum Gasteiger partial charge on any atom is 0.257 e. The van der Waals surface area contributed by atoms with E-state index in [2.05, 4.69) is 15.8 Å². The number of hydrogen-bond donors (Lipinski definition) is 2. The Hall–Kier alpha value is -3.55. The molecule has 0 saturated carbocycles. The molecule has 27 heavy (non-hydrogen) atoms. The van der Waals surface area contributed by atoms with Gasteiger partial charge in [-0.2, -0.15) is 5.10 Å². The summed E-state index contributed by atoms with van der Waals surface area (Å²) in [5.41, 5.74) is 4.05. The van der Waals surface area contributed by atoms with Crippen LogP contribution >= 0.6 is 0 Å². The Balaban J connectivity index is 2.02. The van der Waals surface area contributed by atoms with Gasteiger partial charge in [0, 0.05) is 6.54 Å². The van der Waals surface area contributed by atoms with Gasteiger partial charge in [0.05, 0.1) is 25.0 Å². The van der Waals surface area contributed by atoms with Crippen LogP contribution in [0.4, 0.5) is 5.69 Å². The van der Waals surface area contributed by atoms with E-state index in [0.717, 1.165) is 5.56 Å². The number of carboxylic acids is 1. The van der Waals surface area contributed by atoms with Crippen LogP contribution in [0.15, 0.2) is 47.6 Å². The van der Waals surface area contributed by atoms with E-state index in [1.807, 2.05) is 6.92 Å². The SMILES string of the molecule is CCNC(=O)COc1ccc(/C=N\Nc2cccc(C(=O)[O-])c2)cc1OC. The third-order valence-corrected chi connectivity index (χ3v) is 3.43. The van der Waals surface area contributed by atoms with Gasteiger partial charge in [-0.25, -0.2) is 0 Å². The number of carbonyl (C=O) groups excluding carboxylic acids is 2. The summed E-state index contributed by atoms with van der Waals surface area (Å²) in [6.45, 7) is 2.26. The van der Waals surface area contributed by atoms with E-state index in [-0.39, 0.29) is 18.1 Å². The van der Waals surface area contributed by atoms with Gasteiger partial charge >= 0.3 is 0 Å². The minimum Gasteiger partial charge on any atom is -0.545 e. The number of hydrazone groups is 1. The van der Waals surface area contributed by atoms with Crippen molar-refractivity contribution in [1.29, 1.82) is 0 Å².